The van der Waals surface area contributed by atoms with Crippen LogP contribution in [0.1, 0.15) is 52.4 Å². The normalized spacial score (nSPS) is 24.4. The predicted octanol–water partition coefficient (Wildman–Crippen LogP) is 2.78. The van der Waals surface area contributed by atoms with E-state index >= 15 is 0 Å². The lowest BCUT2D eigenvalue weighted by Crippen LogP contribution is -2.42. The molecule has 18 heavy (non-hydrogen) atoms. The lowest BCUT2D eigenvalue weighted by Gasteiger charge is -2.33. The Labute approximate surface area is 113 Å². The summed E-state index contributed by atoms with van der Waals surface area (Å²) in [6.45, 7) is 8.06. The summed E-state index contributed by atoms with van der Waals surface area (Å²) in [7, 11) is 1.90. The molecule has 1 N–H and O–H groups in total. The highest BCUT2D eigenvalue weighted by Crippen LogP contribution is 2.21. The Morgan fingerprint density at radius 3 is 2.78 bits per heavy atom. The Hall–Kier alpha value is -0.590. The number of hydrogen-bond acceptors (Lipinski definition) is 3. The minimum absolute atomic E-state index is 0.306. The molecule has 1 aliphatic heterocycles. The second-order valence-corrected chi connectivity index (χ2v) is 5.62. The first-order chi connectivity index (χ1) is 8.69. The second-order valence-electron chi connectivity index (χ2n) is 5.62. The molecule has 0 aromatic rings. The third-order valence-electron chi connectivity index (χ3n) is 4.55. The Bertz CT molecular complexity index is 265. The lowest BCUT2D eigenvalue weighted by atomic mass is 9.91. The van der Waals surface area contributed by atoms with Gasteiger partial charge in [-0.2, -0.15) is 5.26 Å². The van der Waals surface area contributed by atoms with Crippen molar-refractivity contribution in [3.63, 3.8) is 0 Å². The number of rotatable bonds is 7. The zero-order chi connectivity index (χ0) is 13.4. The highest BCUT2D eigenvalue weighted by molar-refractivity contribution is 5.05. The van der Waals surface area contributed by atoms with Crippen molar-refractivity contribution in [2.24, 2.45) is 5.92 Å². The molecule has 0 radical (unpaired) electrons. The predicted molar refractivity (Wildman–Crippen MR) is 76.4 cm³/mol. The van der Waals surface area contributed by atoms with Crippen LogP contribution in [0.5, 0.6) is 0 Å². The second kappa shape index (κ2) is 7.76. The van der Waals surface area contributed by atoms with Gasteiger partial charge in [0.25, 0.3) is 0 Å². The molecule has 0 amide bonds. The summed E-state index contributed by atoms with van der Waals surface area (Å²) >= 11 is 0. The fourth-order valence-electron chi connectivity index (χ4n) is 2.96. The summed E-state index contributed by atoms with van der Waals surface area (Å²) in [4.78, 5) is 2.59. The molecular weight excluding hydrogens is 222 g/mol. The van der Waals surface area contributed by atoms with Gasteiger partial charge in [-0.25, -0.2) is 0 Å². The topological polar surface area (TPSA) is 39.1 Å². The average Bonchev–Trinajstić information content (AvgIpc) is 2.44. The van der Waals surface area contributed by atoms with E-state index in [1.54, 1.807) is 0 Å². The summed E-state index contributed by atoms with van der Waals surface area (Å²) in [5, 5.41) is 12.5. The van der Waals surface area contributed by atoms with E-state index in [9.17, 15) is 5.26 Å². The third kappa shape index (κ3) is 4.26. The first-order valence-corrected chi connectivity index (χ1v) is 7.52. The third-order valence-corrected chi connectivity index (χ3v) is 4.55. The highest BCUT2D eigenvalue weighted by atomic mass is 15.1. The summed E-state index contributed by atoms with van der Waals surface area (Å²) in [5.74, 6) is 0.898. The fraction of sp³-hybridized carbons (Fsp3) is 0.933. The molecule has 0 aromatic heterocycles. The minimum atomic E-state index is -0.306. The van der Waals surface area contributed by atoms with Crippen molar-refractivity contribution in [1.82, 2.24) is 10.2 Å². The molecule has 1 heterocycles. The zero-order valence-corrected chi connectivity index (χ0v) is 12.3. The zero-order valence-electron chi connectivity index (χ0n) is 12.3. The van der Waals surface area contributed by atoms with Gasteiger partial charge in [0.05, 0.1) is 6.07 Å². The molecule has 0 aliphatic carbocycles. The first kappa shape index (κ1) is 15.5. The minimum Gasteiger partial charge on any atom is -0.303 e. The van der Waals surface area contributed by atoms with Crippen molar-refractivity contribution in [3.05, 3.63) is 0 Å². The number of nitrogens with zero attached hydrogens (tertiary/aromatic N) is 2. The van der Waals surface area contributed by atoms with E-state index < -0.39 is 0 Å². The maximum absolute atomic E-state index is 9.27. The first-order valence-electron chi connectivity index (χ1n) is 7.52. The number of piperidine rings is 1. The van der Waals surface area contributed by atoms with Crippen LogP contribution in [-0.2, 0) is 0 Å². The summed E-state index contributed by atoms with van der Waals surface area (Å²) in [6.07, 6.45) is 7.03. The van der Waals surface area contributed by atoms with Crippen LogP contribution in [0.4, 0.5) is 0 Å². The molecule has 3 heteroatoms. The Balaban J connectivity index is 2.30. The molecule has 1 saturated heterocycles. The molecule has 0 spiro atoms. The molecule has 3 nitrogen and oxygen atoms in total. The van der Waals surface area contributed by atoms with E-state index in [4.69, 9.17) is 0 Å². The molecule has 2 unspecified atom stereocenters. The number of hydrogen-bond donors (Lipinski definition) is 1. The maximum atomic E-state index is 9.27. The quantitative estimate of drug-likeness (QED) is 0.756. The van der Waals surface area contributed by atoms with E-state index in [-0.39, 0.29) is 5.54 Å². The van der Waals surface area contributed by atoms with Crippen LogP contribution < -0.4 is 5.32 Å². The number of nitriles is 1. The van der Waals surface area contributed by atoms with E-state index in [2.05, 4.69) is 30.1 Å². The van der Waals surface area contributed by atoms with Crippen molar-refractivity contribution >= 4 is 0 Å². The smallest absolute Gasteiger partial charge is 0.106 e. The van der Waals surface area contributed by atoms with Gasteiger partial charge >= 0.3 is 0 Å². The molecule has 1 fully saturated rings. The van der Waals surface area contributed by atoms with Crippen molar-refractivity contribution in [2.45, 2.75) is 57.9 Å². The van der Waals surface area contributed by atoms with Crippen LogP contribution in [-0.4, -0.2) is 37.1 Å². The highest BCUT2D eigenvalue weighted by Gasteiger charge is 2.25. The molecule has 0 aromatic carbocycles. The van der Waals surface area contributed by atoms with Crippen LogP contribution in [0.2, 0.25) is 0 Å². The summed E-state index contributed by atoms with van der Waals surface area (Å²) in [5.41, 5.74) is -0.306. The van der Waals surface area contributed by atoms with Gasteiger partial charge in [0.1, 0.15) is 5.54 Å². The van der Waals surface area contributed by atoms with Gasteiger partial charge in [0.15, 0.2) is 0 Å². The van der Waals surface area contributed by atoms with E-state index in [0.717, 1.165) is 31.7 Å². The van der Waals surface area contributed by atoms with Crippen molar-refractivity contribution in [3.8, 4) is 6.07 Å². The van der Waals surface area contributed by atoms with Crippen molar-refractivity contribution < 1.29 is 0 Å². The number of likely N-dealkylation sites (tertiary alicyclic amines) is 1. The van der Waals surface area contributed by atoms with Crippen LogP contribution in [0, 0.1) is 17.2 Å². The standard InChI is InChI=1S/C15H29N3/c1-4-14-8-6-10-18(12-14)11-7-9-15(5-2,13-16)17-3/h14,17H,4-12H2,1-3H3. The Morgan fingerprint density at radius 2 is 2.22 bits per heavy atom. The average molecular weight is 251 g/mol. The summed E-state index contributed by atoms with van der Waals surface area (Å²) < 4.78 is 0. The largest absolute Gasteiger partial charge is 0.303 e. The molecule has 1 rings (SSSR count). The van der Waals surface area contributed by atoms with Gasteiger partial charge in [-0.3, -0.25) is 0 Å². The molecule has 1 aliphatic rings. The molecule has 2 atom stereocenters. The van der Waals surface area contributed by atoms with Gasteiger partial charge in [-0.15, -0.1) is 0 Å². The summed E-state index contributed by atoms with van der Waals surface area (Å²) in [6, 6.07) is 2.44. The Morgan fingerprint density at radius 1 is 1.44 bits per heavy atom. The van der Waals surface area contributed by atoms with Gasteiger partial charge in [0.2, 0.25) is 0 Å². The number of nitrogens with one attached hydrogen (secondary N) is 1. The SMILES string of the molecule is CCC1CCCN(CCCC(C#N)(CC)NC)C1. The van der Waals surface area contributed by atoms with Gasteiger partial charge in [-0.1, -0.05) is 20.3 Å². The van der Waals surface area contributed by atoms with E-state index in [1.165, 1.54) is 32.4 Å². The van der Waals surface area contributed by atoms with Gasteiger partial charge in [0, 0.05) is 6.54 Å². The van der Waals surface area contributed by atoms with E-state index in [1.807, 2.05) is 7.05 Å². The van der Waals surface area contributed by atoms with Crippen LogP contribution in [0.3, 0.4) is 0 Å². The lowest BCUT2D eigenvalue weighted by molar-refractivity contribution is 0.165. The van der Waals surface area contributed by atoms with Crippen molar-refractivity contribution in [1.29, 1.82) is 5.26 Å². The maximum Gasteiger partial charge on any atom is 0.106 e. The monoisotopic (exact) mass is 251 g/mol. The van der Waals surface area contributed by atoms with Gasteiger partial charge < -0.3 is 10.2 Å². The van der Waals surface area contributed by atoms with Gasteiger partial charge in [-0.05, 0) is 58.2 Å². The fourth-order valence-corrected chi connectivity index (χ4v) is 2.96. The van der Waals surface area contributed by atoms with E-state index in [0.29, 0.717) is 0 Å². The van der Waals surface area contributed by atoms with Crippen LogP contribution in [0.25, 0.3) is 0 Å². The van der Waals surface area contributed by atoms with Crippen LogP contribution >= 0.6 is 0 Å². The molecular formula is C15H29N3. The van der Waals surface area contributed by atoms with Crippen molar-refractivity contribution in [2.75, 3.05) is 26.7 Å². The molecule has 104 valence electrons. The molecule has 0 bridgehead atoms. The Kier molecular flexibility index (Phi) is 6.67. The molecule has 0 saturated carbocycles. The van der Waals surface area contributed by atoms with Crippen LogP contribution in [0.15, 0.2) is 0 Å².